The van der Waals surface area contributed by atoms with E-state index in [1.54, 1.807) is 0 Å². The number of methoxy groups -OCH3 is 1. The third-order valence-electron chi connectivity index (χ3n) is 2.21. The summed E-state index contributed by atoms with van der Waals surface area (Å²) in [5, 5.41) is 0. The summed E-state index contributed by atoms with van der Waals surface area (Å²) in [5.74, 6) is -0.175. The lowest BCUT2D eigenvalue weighted by atomic mass is 10.2. The quantitative estimate of drug-likeness (QED) is 0.433. The van der Waals surface area contributed by atoms with Crippen LogP contribution in [0.25, 0.3) is 0 Å². The standard InChI is InChI=1S/C13H17NO2/c1-11-5-7-12(8-6-11)10-14-9-3-4-13(15)16-2/h5-8,10H,3-4,9H2,1-2H3. The molecule has 0 amide bonds. The summed E-state index contributed by atoms with van der Waals surface area (Å²) in [5.41, 5.74) is 2.33. The first-order chi connectivity index (χ1) is 7.72. The van der Waals surface area contributed by atoms with Crippen molar-refractivity contribution in [3.05, 3.63) is 35.4 Å². The van der Waals surface area contributed by atoms with Crippen LogP contribution < -0.4 is 0 Å². The Morgan fingerprint density at radius 2 is 2.06 bits per heavy atom. The smallest absolute Gasteiger partial charge is 0.305 e. The zero-order valence-electron chi connectivity index (χ0n) is 9.77. The molecule has 3 nitrogen and oxygen atoms in total. The molecule has 0 fully saturated rings. The summed E-state index contributed by atoms with van der Waals surface area (Å²) in [6.07, 6.45) is 2.99. The summed E-state index contributed by atoms with van der Waals surface area (Å²) in [6.45, 7) is 2.71. The predicted octanol–water partition coefficient (Wildman–Crippen LogP) is 2.37. The number of rotatable bonds is 5. The molecule has 1 aromatic rings. The molecule has 0 spiro atoms. The van der Waals surface area contributed by atoms with Gasteiger partial charge in [0, 0.05) is 19.2 Å². The van der Waals surface area contributed by atoms with Gasteiger partial charge in [0.2, 0.25) is 0 Å². The van der Waals surface area contributed by atoms with Crippen molar-refractivity contribution in [1.82, 2.24) is 0 Å². The molecule has 1 rings (SSSR count). The number of carbonyl (C=O) groups excluding carboxylic acids is 1. The normalized spacial score (nSPS) is 10.6. The summed E-state index contributed by atoms with van der Waals surface area (Å²) in [6, 6.07) is 8.16. The van der Waals surface area contributed by atoms with Crippen molar-refractivity contribution in [2.24, 2.45) is 4.99 Å². The molecule has 86 valence electrons. The van der Waals surface area contributed by atoms with Gasteiger partial charge in [0.1, 0.15) is 0 Å². The van der Waals surface area contributed by atoms with Crippen LogP contribution in [0, 0.1) is 6.92 Å². The highest BCUT2D eigenvalue weighted by atomic mass is 16.5. The summed E-state index contributed by atoms with van der Waals surface area (Å²) >= 11 is 0. The Labute approximate surface area is 96.2 Å². The van der Waals surface area contributed by atoms with Gasteiger partial charge in [-0.1, -0.05) is 29.8 Å². The highest BCUT2D eigenvalue weighted by molar-refractivity contribution is 5.79. The minimum absolute atomic E-state index is 0.175. The van der Waals surface area contributed by atoms with Crippen LogP contribution in [0.15, 0.2) is 29.3 Å². The molecular formula is C13H17NO2. The Bertz CT molecular complexity index is 355. The van der Waals surface area contributed by atoms with E-state index < -0.39 is 0 Å². The number of carbonyl (C=O) groups is 1. The number of hydrogen-bond donors (Lipinski definition) is 0. The van der Waals surface area contributed by atoms with E-state index in [9.17, 15) is 4.79 Å². The van der Waals surface area contributed by atoms with Crippen LogP contribution in [-0.2, 0) is 9.53 Å². The first-order valence-electron chi connectivity index (χ1n) is 5.35. The molecule has 0 aliphatic carbocycles. The Balaban J connectivity index is 2.27. The molecule has 0 saturated carbocycles. The van der Waals surface area contributed by atoms with Gasteiger partial charge in [-0.05, 0) is 18.9 Å². The van der Waals surface area contributed by atoms with Gasteiger partial charge in [-0.2, -0.15) is 0 Å². The van der Waals surface area contributed by atoms with Crippen molar-refractivity contribution in [2.45, 2.75) is 19.8 Å². The molecule has 0 aliphatic heterocycles. The van der Waals surface area contributed by atoms with Crippen molar-refractivity contribution in [1.29, 1.82) is 0 Å². The van der Waals surface area contributed by atoms with Crippen LogP contribution in [-0.4, -0.2) is 25.8 Å². The van der Waals surface area contributed by atoms with Gasteiger partial charge in [-0.15, -0.1) is 0 Å². The van der Waals surface area contributed by atoms with Gasteiger partial charge in [0.25, 0.3) is 0 Å². The second kappa shape index (κ2) is 6.77. The maximum absolute atomic E-state index is 10.8. The second-order valence-corrected chi connectivity index (χ2v) is 3.63. The molecule has 16 heavy (non-hydrogen) atoms. The number of ether oxygens (including phenoxy) is 1. The average Bonchev–Trinajstić information content (AvgIpc) is 2.31. The maximum atomic E-state index is 10.8. The van der Waals surface area contributed by atoms with E-state index >= 15 is 0 Å². The Kier molecular flexibility index (Phi) is 5.26. The fourth-order valence-electron chi connectivity index (χ4n) is 1.24. The lowest BCUT2D eigenvalue weighted by molar-refractivity contribution is -0.140. The van der Waals surface area contributed by atoms with E-state index in [1.165, 1.54) is 12.7 Å². The van der Waals surface area contributed by atoms with Gasteiger partial charge in [0.15, 0.2) is 0 Å². The van der Waals surface area contributed by atoms with E-state index in [0.29, 0.717) is 13.0 Å². The van der Waals surface area contributed by atoms with Crippen molar-refractivity contribution in [3.8, 4) is 0 Å². The molecule has 0 N–H and O–H groups in total. The molecule has 0 aromatic heterocycles. The molecule has 1 aromatic carbocycles. The predicted molar refractivity (Wildman–Crippen MR) is 64.9 cm³/mol. The van der Waals surface area contributed by atoms with E-state index in [4.69, 9.17) is 0 Å². The fourth-order valence-corrected chi connectivity index (χ4v) is 1.24. The van der Waals surface area contributed by atoms with E-state index in [2.05, 4.69) is 28.8 Å². The average molecular weight is 219 g/mol. The summed E-state index contributed by atoms with van der Waals surface area (Å²) < 4.78 is 4.54. The van der Waals surface area contributed by atoms with Crippen LogP contribution >= 0.6 is 0 Å². The third-order valence-corrected chi connectivity index (χ3v) is 2.21. The second-order valence-electron chi connectivity index (χ2n) is 3.63. The lowest BCUT2D eigenvalue weighted by Gasteiger charge is -1.96. The number of benzene rings is 1. The molecule has 0 heterocycles. The van der Waals surface area contributed by atoms with E-state index in [1.807, 2.05) is 18.3 Å². The minimum atomic E-state index is -0.175. The van der Waals surface area contributed by atoms with Crippen LogP contribution in [0.4, 0.5) is 0 Å². The molecule has 0 atom stereocenters. The molecule has 0 saturated heterocycles. The Morgan fingerprint density at radius 1 is 1.38 bits per heavy atom. The topological polar surface area (TPSA) is 38.7 Å². The fraction of sp³-hybridized carbons (Fsp3) is 0.385. The van der Waals surface area contributed by atoms with Crippen molar-refractivity contribution in [2.75, 3.05) is 13.7 Å². The lowest BCUT2D eigenvalue weighted by Crippen LogP contribution is -2.00. The third kappa shape index (κ3) is 4.73. The highest BCUT2D eigenvalue weighted by Crippen LogP contribution is 2.00. The van der Waals surface area contributed by atoms with Gasteiger partial charge in [-0.25, -0.2) is 0 Å². The zero-order valence-corrected chi connectivity index (χ0v) is 9.77. The van der Waals surface area contributed by atoms with Crippen LogP contribution in [0.2, 0.25) is 0 Å². The van der Waals surface area contributed by atoms with Crippen molar-refractivity contribution < 1.29 is 9.53 Å². The van der Waals surface area contributed by atoms with E-state index in [-0.39, 0.29) is 5.97 Å². The van der Waals surface area contributed by atoms with Gasteiger partial charge < -0.3 is 4.74 Å². The van der Waals surface area contributed by atoms with Crippen LogP contribution in [0.3, 0.4) is 0 Å². The van der Waals surface area contributed by atoms with Crippen molar-refractivity contribution in [3.63, 3.8) is 0 Å². The highest BCUT2D eigenvalue weighted by Gasteiger charge is 1.97. The maximum Gasteiger partial charge on any atom is 0.305 e. The monoisotopic (exact) mass is 219 g/mol. The minimum Gasteiger partial charge on any atom is -0.469 e. The number of aryl methyl sites for hydroxylation is 1. The molecule has 3 heteroatoms. The Hall–Kier alpha value is -1.64. The first kappa shape index (κ1) is 12.4. The largest absolute Gasteiger partial charge is 0.469 e. The Morgan fingerprint density at radius 3 is 2.69 bits per heavy atom. The SMILES string of the molecule is COC(=O)CCCN=Cc1ccc(C)cc1. The van der Waals surface area contributed by atoms with Crippen molar-refractivity contribution >= 4 is 12.2 Å². The van der Waals surface area contributed by atoms with Gasteiger partial charge in [0.05, 0.1) is 7.11 Å². The number of nitrogens with zero attached hydrogens (tertiary/aromatic N) is 1. The summed E-state index contributed by atoms with van der Waals surface area (Å²) in [4.78, 5) is 15.1. The number of esters is 1. The molecule has 0 radical (unpaired) electrons. The summed E-state index contributed by atoms with van der Waals surface area (Å²) in [7, 11) is 1.40. The molecule has 0 unspecified atom stereocenters. The number of aliphatic imine (C=N–C) groups is 1. The number of hydrogen-bond acceptors (Lipinski definition) is 3. The van der Waals surface area contributed by atoms with Crippen LogP contribution in [0.5, 0.6) is 0 Å². The molecule has 0 aliphatic rings. The van der Waals surface area contributed by atoms with Crippen LogP contribution in [0.1, 0.15) is 24.0 Å². The molecular weight excluding hydrogens is 202 g/mol. The zero-order chi connectivity index (χ0) is 11.8. The van der Waals surface area contributed by atoms with E-state index in [0.717, 1.165) is 12.0 Å². The first-order valence-corrected chi connectivity index (χ1v) is 5.35. The van der Waals surface area contributed by atoms with Gasteiger partial charge in [-0.3, -0.25) is 9.79 Å². The van der Waals surface area contributed by atoms with Gasteiger partial charge >= 0.3 is 5.97 Å². The molecule has 0 bridgehead atoms.